The Morgan fingerprint density at radius 2 is 2.00 bits per heavy atom. The normalized spacial score (nSPS) is 29.5. The first-order chi connectivity index (χ1) is 7.05. The molecule has 0 atom stereocenters. The van der Waals surface area contributed by atoms with Gasteiger partial charge in [0.05, 0.1) is 13.2 Å². The van der Waals surface area contributed by atoms with E-state index >= 15 is 0 Å². The van der Waals surface area contributed by atoms with Crippen LogP contribution in [0.3, 0.4) is 0 Å². The van der Waals surface area contributed by atoms with Crippen molar-refractivity contribution in [3.05, 3.63) is 0 Å². The highest BCUT2D eigenvalue weighted by atomic mass is 19.1. The highest BCUT2D eigenvalue weighted by Crippen LogP contribution is 2.31. The molecule has 0 radical (unpaired) electrons. The van der Waals surface area contributed by atoms with E-state index in [0.29, 0.717) is 32.2 Å². The second kappa shape index (κ2) is 3.83. The van der Waals surface area contributed by atoms with Crippen LogP contribution in [-0.4, -0.2) is 49.7 Å². The molecule has 0 amide bonds. The Bertz CT molecular complexity index is 245. The van der Waals surface area contributed by atoms with Gasteiger partial charge in [-0.15, -0.1) is 0 Å². The van der Waals surface area contributed by atoms with E-state index in [1.807, 2.05) is 0 Å². The van der Waals surface area contributed by atoms with E-state index in [-0.39, 0.29) is 5.41 Å². The molecule has 0 saturated carbocycles. The number of hydrogen-bond acceptors (Lipinski definition) is 3. The Hall–Kier alpha value is -0.480. The number of hydrogen-bond donors (Lipinski definition) is 0. The van der Waals surface area contributed by atoms with Crippen LogP contribution < -0.4 is 0 Å². The second-order valence-corrected chi connectivity index (χ2v) is 5.23. The van der Waals surface area contributed by atoms with Gasteiger partial charge in [-0.25, -0.2) is 4.39 Å². The summed E-state index contributed by atoms with van der Waals surface area (Å²) in [5, 5.41) is 0. The molecule has 3 nitrogen and oxygen atoms in total. The highest BCUT2D eigenvalue weighted by molar-refractivity contribution is 5.62. The molecule has 2 fully saturated rings. The minimum Gasteiger partial charge on any atom is -0.380 e. The van der Waals surface area contributed by atoms with Crippen LogP contribution in [0.5, 0.6) is 0 Å². The lowest BCUT2D eigenvalue weighted by molar-refractivity contribution is -0.128. The van der Waals surface area contributed by atoms with Crippen LogP contribution in [0.15, 0.2) is 0 Å². The van der Waals surface area contributed by atoms with Gasteiger partial charge in [0.25, 0.3) is 0 Å². The quantitative estimate of drug-likeness (QED) is 0.658. The molecule has 15 heavy (non-hydrogen) atoms. The largest absolute Gasteiger partial charge is 0.380 e. The molecule has 0 aromatic rings. The van der Waals surface area contributed by atoms with E-state index in [1.54, 1.807) is 0 Å². The molecule has 0 N–H and O–H groups in total. The Morgan fingerprint density at radius 1 is 1.40 bits per heavy atom. The average molecular weight is 215 g/mol. The van der Waals surface area contributed by atoms with E-state index in [1.165, 1.54) is 0 Å². The maximum atomic E-state index is 13.6. The third kappa shape index (κ3) is 2.37. The van der Waals surface area contributed by atoms with Crippen molar-refractivity contribution in [2.75, 3.05) is 32.8 Å². The first-order valence-corrected chi connectivity index (χ1v) is 5.51. The predicted molar refractivity (Wildman–Crippen MR) is 54.5 cm³/mol. The summed E-state index contributed by atoms with van der Waals surface area (Å²) < 4.78 is 18.8. The van der Waals surface area contributed by atoms with Gasteiger partial charge >= 0.3 is 0 Å². The Kier molecular flexibility index (Phi) is 2.81. The number of halogens is 1. The van der Waals surface area contributed by atoms with Crippen LogP contribution in [0, 0.1) is 5.41 Å². The SMILES string of the molecule is CC1(CN2CCC(F)(C=O)CC2)COC1. The third-order valence-corrected chi connectivity index (χ3v) is 3.40. The van der Waals surface area contributed by atoms with Crippen LogP contribution in [0.4, 0.5) is 4.39 Å². The van der Waals surface area contributed by atoms with Crippen molar-refractivity contribution in [1.82, 2.24) is 4.90 Å². The molecule has 4 heteroatoms. The summed E-state index contributed by atoms with van der Waals surface area (Å²) >= 11 is 0. The van der Waals surface area contributed by atoms with Crippen molar-refractivity contribution in [2.24, 2.45) is 5.41 Å². The minimum absolute atomic E-state index is 0.248. The fourth-order valence-electron chi connectivity index (χ4n) is 2.28. The summed E-state index contributed by atoms with van der Waals surface area (Å²) in [6.07, 6.45) is 1.15. The van der Waals surface area contributed by atoms with Gasteiger partial charge in [-0.05, 0) is 0 Å². The Balaban J connectivity index is 1.81. The minimum atomic E-state index is -1.56. The molecule has 0 spiro atoms. The number of alkyl halides is 1. The molecule has 2 rings (SSSR count). The van der Waals surface area contributed by atoms with Gasteiger partial charge in [0.1, 0.15) is 0 Å². The summed E-state index contributed by atoms with van der Waals surface area (Å²) in [5.74, 6) is 0. The summed E-state index contributed by atoms with van der Waals surface area (Å²) in [7, 11) is 0. The molecule has 2 aliphatic rings. The number of piperidine rings is 1. The predicted octanol–water partition coefficient (Wildman–Crippen LogP) is 1.03. The van der Waals surface area contributed by atoms with Crippen LogP contribution >= 0.6 is 0 Å². The Morgan fingerprint density at radius 3 is 2.40 bits per heavy atom. The van der Waals surface area contributed by atoms with Crippen molar-refractivity contribution < 1.29 is 13.9 Å². The molecule has 86 valence electrons. The van der Waals surface area contributed by atoms with E-state index in [2.05, 4.69) is 11.8 Å². The van der Waals surface area contributed by atoms with Crippen molar-refractivity contribution in [1.29, 1.82) is 0 Å². The summed E-state index contributed by atoms with van der Waals surface area (Å²) in [6, 6.07) is 0. The van der Waals surface area contributed by atoms with E-state index < -0.39 is 5.67 Å². The van der Waals surface area contributed by atoms with E-state index in [0.717, 1.165) is 19.8 Å². The molecule has 0 aliphatic carbocycles. The zero-order chi connectivity index (χ0) is 10.9. The molecular weight excluding hydrogens is 197 g/mol. The van der Waals surface area contributed by atoms with Crippen molar-refractivity contribution in [3.63, 3.8) is 0 Å². The van der Waals surface area contributed by atoms with Crippen LogP contribution in [-0.2, 0) is 9.53 Å². The molecular formula is C11H18FNO2. The van der Waals surface area contributed by atoms with Crippen molar-refractivity contribution in [2.45, 2.75) is 25.4 Å². The number of rotatable bonds is 3. The van der Waals surface area contributed by atoms with Gasteiger partial charge in [0.2, 0.25) is 0 Å². The maximum Gasteiger partial charge on any atom is 0.168 e. The van der Waals surface area contributed by atoms with Gasteiger partial charge in [-0.2, -0.15) is 0 Å². The van der Waals surface area contributed by atoms with Crippen molar-refractivity contribution in [3.8, 4) is 0 Å². The topological polar surface area (TPSA) is 29.5 Å². The van der Waals surface area contributed by atoms with Gasteiger partial charge in [0, 0.05) is 37.9 Å². The Labute approximate surface area is 89.6 Å². The van der Waals surface area contributed by atoms with Gasteiger partial charge < -0.3 is 9.64 Å². The standard InChI is InChI=1S/C11H18FNO2/c1-10(8-15-9-10)6-13-4-2-11(12,7-14)3-5-13/h7H,2-6,8-9H2,1H3. The average Bonchev–Trinajstić information content (AvgIpc) is 2.20. The smallest absolute Gasteiger partial charge is 0.168 e. The van der Waals surface area contributed by atoms with Crippen LogP contribution in [0.1, 0.15) is 19.8 Å². The first-order valence-electron chi connectivity index (χ1n) is 5.51. The fraction of sp³-hybridized carbons (Fsp3) is 0.909. The van der Waals surface area contributed by atoms with Crippen molar-refractivity contribution >= 4 is 6.29 Å². The number of nitrogens with zero attached hydrogens (tertiary/aromatic N) is 1. The lowest BCUT2D eigenvalue weighted by Gasteiger charge is -2.44. The zero-order valence-corrected chi connectivity index (χ0v) is 9.17. The summed E-state index contributed by atoms with van der Waals surface area (Å²) in [5.41, 5.74) is -1.31. The highest BCUT2D eigenvalue weighted by Gasteiger charge is 2.39. The second-order valence-electron chi connectivity index (χ2n) is 5.23. The van der Waals surface area contributed by atoms with E-state index in [9.17, 15) is 9.18 Å². The molecule has 0 bridgehead atoms. The molecule has 2 heterocycles. The van der Waals surface area contributed by atoms with Gasteiger partial charge in [0.15, 0.2) is 12.0 Å². The third-order valence-electron chi connectivity index (χ3n) is 3.40. The number of carbonyl (C=O) groups excluding carboxylic acids is 1. The number of aldehydes is 1. The van der Waals surface area contributed by atoms with Gasteiger partial charge in [-0.1, -0.05) is 6.92 Å². The van der Waals surface area contributed by atoms with Crippen LogP contribution in [0.25, 0.3) is 0 Å². The monoisotopic (exact) mass is 215 g/mol. The molecule has 2 saturated heterocycles. The van der Waals surface area contributed by atoms with E-state index in [4.69, 9.17) is 4.74 Å². The fourth-order valence-corrected chi connectivity index (χ4v) is 2.28. The molecule has 0 aromatic heterocycles. The lowest BCUT2D eigenvalue weighted by atomic mass is 9.86. The zero-order valence-electron chi connectivity index (χ0n) is 9.17. The lowest BCUT2D eigenvalue weighted by Crippen LogP contribution is -2.52. The van der Waals surface area contributed by atoms with Gasteiger partial charge in [-0.3, -0.25) is 4.79 Å². The molecule has 0 unspecified atom stereocenters. The maximum absolute atomic E-state index is 13.6. The molecule has 0 aromatic carbocycles. The number of ether oxygens (including phenoxy) is 1. The van der Waals surface area contributed by atoms with Crippen LogP contribution in [0.2, 0.25) is 0 Å². The summed E-state index contributed by atoms with van der Waals surface area (Å²) in [4.78, 5) is 12.8. The first kappa shape index (κ1) is 11.0. The number of carbonyl (C=O) groups is 1. The molecule has 2 aliphatic heterocycles. The number of likely N-dealkylation sites (tertiary alicyclic amines) is 1. The summed E-state index contributed by atoms with van der Waals surface area (Å²) in [6.45, 7) is 6.13.